The van der Waals surface area contributed by atoms with Crippen molar-refractivity contribution in [2.75, 3.05) is 29.9 Å². The summed E-state index contributed by atoms with van der Waals surface area (Å²) >= 11 is 0. The summed E-state index contributed by atoms with van der Waals surface area (Å²) in [5.74, 6) is 0.336. The Morgan fingerprint density at radius 1 is 1.29 bits per heavy atom. The van der Waals surface area contributed by atoms with Crippen LogP contribution in [0.2, 0.25) is 0 Å². The van der Waals surface area contributed by atoms with Gasteiger partial charge in [-0.1, -0.05) is 0 Å². The molecule has 7 nitrogen and oxygen atoms in total. The summed E-state index contributed by atoms with van der Waals surface area (Å²) in [6.45, 7) is 2.26. The van der Waals surface area contributed by atoms with Crippen molar-refractivity contribution in [1.29, 1.82) is 0 Å². The normalized spacial score (nSPS) is 14.5. The minimum atomic E-state index is -0.368. The highest BCUT2D eigenvalue weighted by molar-refractivity contribution is 5.93. The molecule has 8 heteroatoms. The first kappa shape index (κ1) is 16.2. The van der Waals surface area contributed by atoms with Gasteiger partial charge in [-0.15, -0.1) is 0 Å². The summed E-state index contributed by atoms with van der Waals surface area (Å²) in [5.41, 5.74) is 1.36. The van der Waals surface area contributed by atoms with E-state index < -0.39 is 0 Å². The van der Waals surface area contributed by atoms with Gasteiger partial charge in [-0.2, -0.15) is 5.10 Å². The molecule has 3 rings (SSSR count). The van der Waals surface area contributed by atoms with Gasteiger partial charge in [-0.25, -0.2) is 14.2 Å². The lowest BCUT2D eigenvalue weighted by molar-refractivity contribution is 0.252. The van der Waals surface area contributed by atoms with Crippen LogP contribution in [0.4, 0.5) is 20.6 Å². The topological polar surface area (TPSA) is 85.9 Å². The number of carbonyl (C=O) groups excluding carboxylic acids is 1. The van der Waals surface area contributed by atoms with E-state index in [1.165, 1.54) is 24.9 Å². The molecular weight excluding hydrogens is 311 g/mol. The van der Waals surface area contributed by atoms with E-state index in [9.17, 15) is 9.18 Å². The Hall–Kier alpha value is -2.64. The first-order chi connectivity index (χ1) is 11.7. The predicted molar refractivity (Wildman–Crippen MR) is 89.6 cm³/mol. The summed E-state index contributed by atoms with van der Waals surface area (Å²) in [5, 5.41) is 12.0. The van der Waals surface area contributed by atoms with Gasteiger partial charge in [0, 0.05) is 26.1 Å². The molecule has 0 bridgehead atoms. The number of carbonyl (C=O) groups is 1. The van der Waals surface area contributed by atoms with Crippen molar-refractivity contribution in [3.8, 4) is 0 Å². The Morgan fingerprint density at radius 3 is 2.88 bits per heavy atom. The van der Waals surface area contributed by atoms with Crippen LogP contribution in [0.15, 0.2) is 24.5 Å². The Bertz CT molecular complexity index is 669. The van der Waals surface area contributed by atoms with Crippen molar-refractivity contribution >= 4 is 17.4 Å². The molecule has 24 heavy (non-hydrogen) atoms. The van der Waals surface area contributed by atoms with Gasteiger partial charge in [0.05, 0.1) is 11.4 Å². The lowest BCUT2D eigenvalue weighted by Crippen LogP contribution is -2.33. The number of nitrogens with zero attached hydrogens (tertiary/aromatic N) is 3. The highest BCUT2D eigenvalue weighted by Crippen LogP contribution is 2.29. The predicted octanol–water partition coefficient (Wildman–Crippen LogP) is 2.30. The molecule has 0 radical (unpaired) electrons. The van der Waals surface area contributed by atoms with E-state index in [-0.39, 0.29) is 11.8 Å². The summed E-state index contributed by atoms with van der Waals surface area (Å²) < 4.78 is 13.6. The monoisotopic (exact) mass is 332 g/mol. The standard InChI is InChI=1S/C16H21FN6O/c17-12-4-5-14(23-8-2-1-3-9-23)13(10-12)21-16(24)18-7-6-15-19-11-20-22-15/h4-5,10-11H,1-3,6-9H2,(H2,18,21,24)(H,19,20,22). The van der Waals surface area contributed by atoms with Crippen LogP contribution < -0.4 is 15.5 Å². The van der Waals surface area contributed by atoms with Gasteiger partial charge in [0.25, 0.3) is 0 Å². The third kappa shape index (κ3) is 4.21. The Kier molecular flexibility index (Phi) is 5.25. The van der Waals surface area contributed by atoms with E-state index >= 15 is 0 Å². The number of urea groups is 1. The van der Waals surface area contributed by atoms with E-state index in [0.717, 1.165) is 31.6 Å². The second-order valence-electron chi connectivity index (χ2n) is 5.77. The van der Waals surface area contributed by atoms with Crippen molar-refractivity contribution in [1.82, 2.24) is 20.5 Å². The first-order valence-corrected chi connectivity index (χ1v) is 8.16. The third-order valence-corrected chi connectivity index (χ3v) is 4.02. The number of amides is 2. The lowest BCUT2D eigenvalue weighted by Gasteiger charge is -2.30. The van der Waals surface area contributed by atoms with Crippen LogP contribution in [-0.2, 0) is 6.42 Å². The van der Waals surface area contributed by atoms with Crippen molar-refractivity contribution in [3.63, 3.8) is 0 Å². The molecule has 2 amide bonds. The van der Waals surface area contributed by atoms with Crippen LogP contribution in [0, 0.1) is 5.82 Å². The Balaban J connectivity index is 1.60. The second kappa shape index (κ2) is 7.76. The van der Waals surface area contributed by atoms with Crippen LogP contribution in [0.5, 0.6) is 0 Å². The average molecular weight is 332 g/mol. The molecule has 0 spiro atoms. The molecule has 0 unspecified atom stereocenters. The molecule has 1 aromatic heterocycles. The third-order valence-electron chi connectivity index (χ3n) is 4.02. The number of benzene rings is 1. The number of aromatic nitrogens is 3. The Labute approximate surface area is 139 Å². The Morgan fingerprint density at radius 2 is 2.12 bits per heavy atom. The molecule has 2 heterocycles. The maximum absolute atomic E-state index is 13.6. The highest BCUT2D eigenvalue weighted by Gasteiger charge is 2.16. The average Bonchev–Trinajstić information content (AvgIpc) is 3.09. The van der Waals surface area contributed by atoms with E-state index in [0.29, 0.717) is 24.5 Å². The number of H-pyrrole nitrogens is 1. The highest BCUT2D eigenvalue weighted by atomic mass is 19.1. The molecule has 1 aliphatic heterocycles. The molecule has 1 fully saturated rings. The van der Waals surface area contributed by atoms with Crippen molar-refractivity contribution in [3.05, 3.63) is 36.2 Å². The molecule has 3 N–H and O–H groups in total. The summed E-state index contributed by atoms with van der Waals surface area (Å²) in [6, 6.07) is 4.15. The number of rotatable bonds is 5. The van der Waals surface area contributed by atoms with Gasteiger partial charge in [0.15, 0.2) is 0 Å². The number of hydrogen-bond donors (Lipinski definition) is 3. The summed E-state index contributed by atoms with van der Waals surface area (Å²) in [4.78, 5) is 18.3. The fraction of sp³-hybridized carbons (Fsp3) is 0.438. The minimum Gasteiger partial charge on any atom is -0.370 e. The fourth-order valence-corrected chi connectivity index (χ4v) is 2.83. The zero-order chi connectivity index (χ0) is 16.8. The SMILES string of the molecule is O=C(NCCc1ncn[nH]1)Nc1cc(F)ccc1N1CCCCC1. The van der Waals surface area contributed by atoms with Gasteiger partial charge in [0.1, 0.15) is 18.0 Å². The number of aromatic amines is 1. The maximum atomic E-state index is 13.6. The minimum absolute atomic E-state index is 0.363. The van der Waals surface area contributed by atoms with Gasteiger partial charge in [-0.05, 0) is 37.5 Å². The molecule has 1 aliphatic rings. The molecule has 128 valence electrons. The fourth-order valence-electron chi connectivity index (χ4n) is 2.83. The van der Waals surface area contributed by atoms with Gasteiger partial charge < -0.3 is 15.5 Å². The van der Waals surface area contributed by atoms with Crippen LogP contribution in [0.1, 0.15) is 25.1 Å². The summed E-state index contributed by atoms with van der Waals surface area (Å²) in [7, 11) is 0. The van der Waals surface area contributed by atoms with Gasteiger partial charge >= 0.3 is 6.03 Å². The lowest BCUT2D eigenvalue weighted by atomic mass is 10.1. The quantitative estimate of drug-likeness (QED) is 0.784. The van der Waals surface area contributed by atoms with Crippen LogP contribution in [0.3, 0.4) is 0 Å². The van der Waals surface area contributed by atoms with Crippen LogP contribution in [0.25, 0.3) is 0 Å². The molecule has 1 aromatic carbocycles. The van der Waals surface area contributed by atoms with Crippen LogP contribution >= 0.6 is 0 Å². The molecule has 2 aromatic rings. The number of halogens is 1. The van der Waals surface area contributed by atoms with Crippen molar-refractivity contribution < 1.29 is 9.18 Å². The molecular formula is C16H21FN6O. The van der Waals surface area contributed by atoms with E-state index in [1.807, 2.05) is 0 Å². The molecule has 0 atom stereocenters. The number of anilines is 2. The second-order valence-corrected chi connectivity index (χ2v) is 5.77. The van der Waals surface area contributed by atoms with E-state index in [1.54, 1.807) is 6.07 Å². The van der Waals surface area contributed by atoms with Crippen LogP contribution in [-0.4, -0.2) is 40.8 Å². The molecule has 1 saturated heterocycles. The van der Waals surface area contributed by atoms with Crippen molar-refractivity contribution in [2.45, 2.75) is 25.7 Å². The van der Waals surface area contributed by atoms with E-state index in [2.05, 4.69) is 30.7 Å². The zero-order valence-corrected chi connectivity index (χ0v) is 13.4. The molecule has 0 aliphatic carbocycles. The number of nitrogens with one attached hydrogen (secondary N) is 3. The molecule has 0 saturated carbocycles. The van der Waals surface area contributed by atoms with E-state index in [4.69, 9.17) is 0 Å². The van der Waals surface area contributed by atoms with Gasteiger partial charge in [-0.3, -0.25) is 5.10 Å². The smallest absolute Gasteiger partial charge is 0.319 e. The summed E-state index contributed by atoms with van der Waals surface area (Å²) in [6.07, 6.45) is 5.41. The van der Waals surface area contributed by atoms with Crippen molar-refractivity contribution in [2.24, 2.45) is 0 Å². The zero-order valence-electron chi connectivity index (χ0n) is 13.4. The first-order valence-electron chi connectivity index (χ1n) is 8.16. The number of piperidine rings is 1. The van der Waals surface area contributed by atoms with Gasteiger partial charge in [0.2, 0.25) is 0 Å². The largest absolute Gasteiger partial charge is 0.370 e. The number of hydrogen-bond acceptors (Lipinski definition) is 4. The maximum Gasteiger partial charge on any atom is 0.319 e.